The summed E-state index contributed by atoms with van der Waals surface area (Å²) in [6, 6.07) is 31.3. The van der Waals surface area contributed by atoms with E-state index in [1.54, 1.807) is 0 Å². The summed E-state index contributed by atoms with van der Waals surface area (Å²) in [6.07, 6.45) is 0. The van der Waals surface area contributed by atoms with E-state index < -0.39 is 0 Å². The van der Waals surface area contributed by atoms with Crippen molar-refractivity contribution < 1.29 is 0 Å². The maximum Gasteiger partial charge on any atom is 0.0348 e. The molecule has 4 aromatic rings. The van der Waals surface area contributed by atoms with Gasteiger partial charge >= 0.3 is 0 Å². The molecular formula is C28H20N2. The first-order chi connectivity index (χ1) is 14.7. The van der Waals surface area contributed by atoms with Crippen LogP contribution in [0.4, 0.5) is 11.4 Å². The van der Waals surface area contributed by atoms with Crippen LogP contribution in [0.1, 0.15) is 22.3 Å². The van der Waals surface area contributed by atoms with Gasteiger partial charge in [-0.3, -0.25) is 0 Å². The van der Waals surface area contributed by atoms with Crippen LogP contribution in [0, 0.1) is 23.7 Å². The van der Waals surface area contributed by atoms with E-state index in [1.165, 1.54) is 0 Å². The van der Waals surface area contributed by atoms with E-state index in [4.69, 9.17) is 11.5 Å². The van der Waals surface area contributed by atoms with Crippen molar-refractivity contribution in [2.24, 2.45) is 0 Å². The second-order valence-corrected chi connectivity index (χ2v) is 6.84. The largest absolute Gasteiger partial charge is 0.399 e. The number of anilines is 2. The van der Waals surface area contributed by atoms with Crippen molar-refractivity contribution in [3.8, 4) is 34.8 Å². The standard InChI is InChI=1S/C28H20N2/c29-25-15-17-27(23(19-25)13-11-21-7-3-1-4-8-21)28-18-16-26(30)20-24(28)14-12-22-9-5-2-6-10-22/h1-10,15-20H,29-30H2. The molecule has 2 nitrogen and oxygen atoms in total. The van der Waals surface area contributed by atoms with Gasteiger partial charge in [-0.2, -0.15) is 0 Å². The SMILES string of the molecule is Nc1ccc(-c2ccc(N)cc2C#Cc2ccccc2)c(C#Cc2ccccc2)c1. The summed E-state index contributed by atoms with van der Waals surface area (Å²) in [7, 11) is 0. The second-order valence-electron chi connectivity index (χ2n) is 6.84. The van der Waals surface area contributed by atoms with E-state index in [-0.39, 0.29) is 0 Å². The highest BCUT2D eigenvalue weighted by Crippen LogP contribution is 2.29. The summed E-state index contributed by atoms with van der Waals surface area (Å²) in [5.74, 6) is 13.0. The van der Waals surface area contributed by atoms with Crippen LogP contribution >= 0.6 is 0 Å². The fourth-order valence-electron chi connectivity index (χ4n) is 3.12. The van der Waals surface area contributed by atoms with Gasteiger partial charge in [-0.15, -0.1) is 0 Å². The molecule has 0 aliphatic heterocycles. The zero-order valence-corrected chi connectivity index (χ0v) is 16.4. The van der Waals surface area contributed by atoms with Crippen LogP contribution < -0.4 is 11.5 Å². The molecule has 0 amide bonds. The van der Waals surface area contributed by atoms with Gasteiger partial charge in [0.2, 0.25) is 0 Å². The summed E-state index contributed by atoms with van der Waals surface area (Å²) in [6.45, 7) is 0. The van der Waals surface area contributed by atoms with Crippen LogP contribution in [0.25, 0.3) is 11.1 Å². The van der Waals surface area contributed by atoms with Crippen molar-refractivity contribution in [1.29, 1.82) is 0 Å². The van der Waals surface area contributed by atoms with Gasteiger partial charge in [-0.25, -0.2) is 0 Å². The molecule has 0 saturated carbocycles. The third kappa shape index (κ3) is 4.53. The molecular weight excluding hydrogens is 364 g/mol. The highest BCUT2D eigenvalue weighted by Gasteiger charge is 2.09. The van der Waals surface area contributed by atoms with Gasteiger partial charge < -0.3 is 11.5 Å². The summed E-state index contributed by atoms with van der Waals surface area (Å²) >= 11 is 0. The lowest BCUT2D eigenvalue weighted by atomic mass is 9.94. The molecule has 0 spiro atoms. The van der Waals surface area contributed by atoms with Crippen LogP contribution in [-0.4, -0.2) is 0 Å². The van der Waals surface area contributed by atoms with Crippen molar-refractivity contribution in [1.82, 2.24) is 0 Å². The third-order valence-corrected chi connectivity index (χ3v) is 4.61. The number of rotatable bonds is 1. The first-order valence-electron chi connectivity index (χ1n) is 9.62. The molecule has 30 heavy (non-hydrogen) atoms. The van der Waals surface area contributed by atoms with Gasteiger partial charge in [0.15, 0.2) is 0 Å². The maximum absolute atomic E-state index is 6.06. The fourth-order valence-corrected chi connectivity index (χ4v) is 3.12. The third-order valence-electron chi connectivity index (χ3n) is 4.61. The Morgan fingerprint density at radius 1 is 0.433 bits per heavy atom. The molecule has 4 rings (SSSR count). The molecule has 2 heteroatoms. The summed E-state index contributed by atoms with van der Waals surface area (Å²) in [5.41, 5.74) is 19.0. The Bertz CT molecular complexity index is 1190. The average Bonchev–Trinajstić information content (AvgIpc) is 2.78. The van der Waals surface area contributed by atoms with E-state index in [0.717, 1.165) is 33.4 Å². The van der Waals surface area contributed by atoms with Crippen LogP contribution in [0.3, 0.4) is 0 Å². The topological polar surface area (TPSA) is 52.0 Å². The Kier molecular flexibility index (Phi) is 5.52. The van der Waals surface area contributed by atoms with Gasteiger partial charge in [-0.1, -0.05) is 72.2 Å². The highest BCUT2D eigenvalue weighted by molar-refractivity contribution is 5.80. The normalized spacial score (nSPS) is 9.73. The molecule has 0 aliphatic carbocycles. The molecule has 0 aromatic heterocycles. The molecule has 0 aliphatic rings. The van der Waals surface area contributed by atoms with Crippen molar-refractivity contribution in [2.45, 2.75) is 0 Å². The maximum atomic E-state index is 6.06. The summed E-state index contributed by atoms with van der Waals surface area (Å²) < 4.78 is 0. The number of benzene rings is 4. The number of nitrogens with two attached hydrogens (primary N) is 2. The van der Waals surface area contributed by atoms with E-state index in [9.17, 15) is 0 Å². The predicted octanol–water partition coefficient (Wildman–Crippen LogP) is 5.32. The molecule has 142 valence electrons. The van der Waals surface area contributed by atoms with Gasteiger partial charge in [0.1, 0.15) is 0 Å². The molecule has 0 atom stereocenters. The first kappa shape index (κ1) is 18.9. The Hall–Kier alpha value is -4.40. The van der Waals surface area contributed by atoms with Crippen LogP contribution in [0.2, 0.25) is 0 Å². The monoisotopic (exact) mass is 384 g/mol. The Balaban J connectivity index is 1.82. The minimum absolute atomic E-state index is 0.670. The van der Waals surface area contributed by atoms with Crippen molar-refractivity contribution in [2.75, 3.05) is 11.5 Å². The highest BCUT2D eigenvalue weighted by atomic mass is 14.5. The Labute approximate surface area is 177 Å². The van der Waals surface area contributed by atoms with E-state index in [1.807, 2.05) is 97.1 Å². The zero-order chi connectivity index (χ0) is 20.8. The quantitative estimate of drug-likeness (QED) is 0.345. The van der Waals surface area contributed by atoms with Gasteiger partial charge in [0, 0.05) is 33.6 Å². The van der Waals surface area contributed by atoms with Gasteiger partial charge in [0.25, 0.3) is 0 Å². The summed E-state index contributed by atoms with van der Waals surface area (Å²) in [5, 5.41) is 0. The molecule has 4 N–H and O–H groups in total. The van der Waals surface area contributed by atoms with Crippen LogP contribution in [0.15, 0.2) is 97.1 Å². The lowest BCUT2D eigenvalue weighted by Gasteiger charge is -2.10. The fraction of sp³-hybridized carbons (Fsp3) is 0. The number of nitrogen functional groups attached to an aromatic ring is 2. The smallest absolute Gasteiger partial charge is 0.0348 e. The van der Waals surface area contributed by atoms with Gasteiger partial charge in [0.05, 0.1) is 0 Å². The van der Waals surface area contributed by atoms with Gasteiger partial charge in [-0.05, 0) is 59.7 Å². The summed E-state index contributed by atoms with van der Waals surface area (Å²) in [4.78, 5) is 0. The Morgan fingerprint density at radius 2 is 0.833 bits per heavy atom. The first-order valence-corrected chi connectivity index (χ1v) is 9.62. The molecule has 0 heterocycles. The van der Waals surface area contributed by atoms with Crippen LogP contribution in [-0.2, 0) is 0 Å². The minimum Gasteiger partial charge on any atom is -0.399 e. The molecule has 0 radical (unpaired) electrons. The minimum atomic E-state index is 0.670. The average molecular weight is 384 g/mol. The van der Waals surface area contributed by atoms with Crippen molar-refractivity contribution >= 4 is 11.4 Å². The van der Waals surface area contributed by atoms with Crippen molar-refractivity contribution in [3.63, 3.8) is 0 Å². The number of hydrogen-bond donors (Lipinski definition) is 2. The molecule has 4 aromatic carbocycles. The molecule has 0 saturated heterocycles. The van der Waals surface area contributed by atoms with Crippen molar-refractivity contribution in [3.05, 3.63) is 119 Å². The zero-order valence-electron chi connectivity index (χ0n) is 16.4. The number of hydrogen-bond acceptors (Lipinski definition) is 2. The molecule has 0 unspecified atom stereocenters. The Morgan fingerprint density at radius 3 is 1.23 bits per heavy atom. The lowest BCUT2D eigenvalue weighted by molar-refractivity contribution is 1.55. The molecule has 0 fully saturated rings. The lowest BCUT2D eigenvalue weighted by Crippen LogP contribution is -1.94. The predicted molar refractivity (Wildman–Crippen MR) is 126 cm³/mol. The van der Waals surface area contributed by atoms with E-state index >= 15 is 0 Å². The van der Waals surface area contributed by atoms with Crippen LogP contribution in [0.5, 0.6) is 0 Å². The van der Waals surface area contributed by atoms with E-state index in [0.29, 0.717) is 11.4 Å². The molecule has 0 bridgehead atoms. The van der Waals surface area contributed by atoms with E-state index in [2.05, 4.69) is 23.7 Å². The second kappa shape index (κ2) is 8.74.